The van der Waals surface area contributed by atoms with Crippen LogP contribution >= 0.6 is 0 Å². The van der Waals surface area contributed by atoms with E-state index in [1.807, 2.05) is 24.1 Å². The molecule has 0 bridgehead atoms. The largest absolute Gasteiger partial charge is 0.394 e. The van der Waals surface area contributed by atoms with Gasteiger partial charge in [-0.2, -0.15) is 0 Å². The third kappa shape index (κ3) is 3.26. The zero-order valence-electron chi connectivity index (χ0n) is 14.2. The molecule has 2 aliphatic heterocycles. The lowest BCUT2D eigenvalue weighted by Gasteiger charge is -2.39. The van der Waals surface area contributed by atoms with Gasteiger partial charge in [-0.25, -0.2) is 0 Å². The summed E-state index contributed by atoms with van der Waals surface area (Å²) in [4.78, 5) is 20.5. The van der Waals surface area contributed by atoms with Crippen LogP contribution in [0, 0.1) is 5.41 Å². The average Bonchev–Trinajstić information content (AvgIpc) is 2.85. The summed E-state index contributed by atoms with van der Waals surface area (Å²) in [6.07, 6.45) is 6.83. The van der Waals surface area contributed by atoms with E-state index >= 15 is 0 Å². The quantitative estimate of drug-likeness (QED) is 0.921. The molecule has 1 amide bonds. The Labute approximate surface area is 138 Å². The van der Waals surface area contributed by atoms with Gasteiger partial charge in [0.1, 0.15) is 0 Å². The predicted octanol–water partition coefficient (Wildman–Crippen LogP) is 1.67. The van der Waals surface area contributed by atoms with Gasteiger partial charge in [-0.1, -0.05) is 6.07 Å². The van der Waals surface area contributed by atoms with Crippen molar-refractivity contribution in [3.05, 3.63) is 30.1 Å². The molecule has 2 aliphatic rings. The molecule has 0 saturated carbocycles. The summed E-state index contributed by atoms with van der Waals surface area (Å²) in [6.45, 7) is 7.51. The molecule has 1 aromatic rings. The molecule has 1 atom stereocenters. The Balaban J connectivity index is 1.63. The SMILES string of the molecule is CC(=O)N1CC2(CCN(Cc3cccnc3)CC2)C[C@@]1(C)CO. The molecule has 2 fully saturated rings. The Kier molecular flexibility index (Phi) is 4.43. The van der Waals surface area contributed by atoms with E-state index in [0.717, 1.165) is 45.4 Å². The lowest BCUT2D eigenvalue weighted by molar-refractivity contribution is -0.134. The number of hydrogen-bond donors (Lipinski definition) is 1. The molecule has 1 spiro atoms. The molecule has 0 aliphatic carbocycles. The lowest BCUT2D eigenvalue weighted by atomic mass is 9.74. The summed E-state index contributed by atoms with van der Waals surface area (Å²) >= 11 is 0. The predicted molar refractivity (Wildman–Crippen MR) is 88.7 cm³/mol. The Morgan fingerprint density at radius 3 is 2.65 bits per heavy atom. The topological polar surface area (TPSA) is 56.7 Å². The van der Waals surface area contributed by atoms with Crippen LogP contribution in [0.1, 0.15) is 38.7 Å². The molecule has 1 aromatic heterocycles. The van der Waals surface area contributed by atoms with Crippen LogP contribution in [0.25, 0.3) is 0 Å². The maximum Gasteiger partial charge on any atom is 0.219 e. The van der Waals surface area contributed by atoms with Crippen molar-refractivity contribution in [3.8, 4) is 0 Å². The van der Waals surface area contributed by atoms with Crippen molar-refractivity contribution >= 4 is 5.91 Å². The highest BCUT2D eigenvalue weighted by molar-refractivity contribution is 5.74. The molecule has 2 saturated heterocycles. The molecular weight excluding hydrogens is 290 g/mol. The van der Waals surface area contributed by atoms with Gasteiger partial charge >= 0.3 is 0 Å². The van der Waals surface area contributed by atoms with Crippen LogP contribution in [-0.2, 0) is 11.3 Å². The van der Waals surface area contributed by atoms with Gasteiger partial charge in [0.2, 0.25) is 5.91 Å². The molecule has 0 aromatic carbocycles. The van der Waals surface area contributed by atoms with Gasteiger partial charge in [-0.3, -0.25) is 14.7 Å². The van der Waals surface area contributed by atoms with Crippen LogP contribution in [0.3, 0.4) is 0 Å². The molecule has 0 unspecified atom stereocenters. The fraction of sp³-hybridized carbons (Fsp3) is 0.667. The third-order valence-corrected chi connectivity index (χ3v) is 5.67. The Morgan fingerprint density at radius 2 is 2.13 bits per heavy atom. The minimum Gasteiger partial charge on any atom is -0.394 e. The standard InChI is InChI=1S/C18H27N3O2/c1-15(23)21-13-18(12-17(21,2)14-22)5-8-20(9-6-18)11-16-4-3-7-19-10-16/h3-4,7,10,22H,5-6,8-9,11-14H2,1-2H3/t17-/m0/s1. The monoisotopic (exact) mass is 317 g/mol. The minimum absolute atomic E-state index is 0.0493. The Hall–Kier alpha value is -1.46. The van der Waals surface area contributed by atoms with E-state index in [-0.39, 0.29) is 17.9 Å². The van der Waals surface area contributed by atoms with Gasteiger partial charge in [0.15, 0.2) is 0 Å². The van der Waals surface area contributed by atoms with Crippen molar-refractivity contribution in [2.45, 2.75) is 45.2 Å². The van der Waals surface area contributed by atoms with Crippen LogP contribution in [0.5, 0.6) is 0 Å². The number of aliphatic hydroxyl groups excluding tert-OH is 1. The van der Waals surface area contributed by atoms with Gasteiger partial charge in [0, 0.05) is 32.4 Å². The summed E-state index contributed by atoms with van der Waals surface area (Å²) in [5, 5.41) is 9.79. The van der Waals surface area contributed by atoms with Crippen molar-refractivity contribution in [1.82, 2.24) is 14.8 Å². The fourth-order valence-corrected chi connectivity index (χ4v) is 4.39. The maximum atomic E-state index is 11.9. The average molecular weight is 317 g/mol. The molecule has 23 heavy (non-hydrogen) atoms. The number of amides is 1. The Morgan fingerprint density at radius 1 is 1.39 bits per heavy atom. The molecule has 3 rings (SSSR count). The fourth-order valence-electron chi connectivity index (χ4n) is 4.39. The van der Waals surface area contributed by atoms with Gasteiger partial charge in [-0.15, -0.1) is 0 Å². The summed E-state index contributed by atoms with van der Waals surface area (Å²) in [6, 6.07) is 4.10. The number of carbonyl (C=O) groups is 1. The van der Waals surface area contributed by atoms with Crippen molar-refractivity contribution in [2.75, 3.05) is 26.2 Å². The van der Waals surface area contributed by atoms with Crippen molar-refractivity contribution in [1.29, 1.82) is 0 Å². The van der Waals surface area contributed by atoms with E-state index in [2.05, 4.69) is 16.0 Å². The molecule has 1 N–H and O–H groups in total. The van der Waals surface area contributed by atoms with E-state index in [4.69, 9.17) is 0 Å². The van der Waals surface area contributed by atoms with Crippen molar-refractivity contribution < 1.29 is 9.90 Å². The molecule has 0 radical (unpaired) electrons. The van der Waals surface area contributed by atoms with Crippen LogP contribution in [0.4, 0.5) is 0 Å². The number of hydrogen-bond acceptors (Lipinski definition) is 4. The van der Waals surface area contributed by atoms with Crippen LogP contribution < -0.4 is 0 Å². The summed E-state index contributed by atoms with van der Waals surface area (Å²) in [5.41, 5.74) is 1.03. The number of rotatable bonds is 3. The molecule has 5 nitrogen and oxygen atoms in total. The number of carbonyl (C=O) groups excluding carboxylic acids is 1. The highest BCUT2D eigenvalue weighted by Gasteiger charge is 2.52. The first kappa shape index (κ1) is 16.4. The summed E-state index contributed by atoms with van der Waals surface area (Å²) in [5.74, 6) is 0.0798. The van der Waals surface area contributed by atoms with Crippen LogP contribution in [-0.4, -0.2) is 57.6 Å². The summed E-state index contributed by atoms with van der Waals surface area (Å²) < 4.78 is 0. The first-order valence-corrected chi connectivity index (χ1v) is 8.47. The zero-order chi connectivity index (χ0) is 16.5. The van der Waals surface area contributed by atoms with Gasteiger partial charge in [0.25, 0.3) is 0 Å². The summed E-state index contributed by atoms with van der Waals surface area (Å²) in [7, 11) is 0. The smallest absolute Gasteiger partial charge is 0.219 e. The second-order valence-electron chi connectivity index (χ2n) is 7.57. The zero-order valence-corrected chi connectivity index (χ0v) is 14.2. The second kappa shape index (κ2) is 6.21. The number of aliphatic hydroxyl groups is 1. The number of aromatic nitrogens is 1. The van der Waals surface area contributed by atoms with E-state index in [0.29, 0.717) is 0 Å². The third-order valence-electron chi connectivity index (χ3n) is 5.67. The van der Waals surface area contributed by atoms with Gasteiger partial charge in [-0.05, 0) is 56.3 Å². The molecule has 3 heterocycles. The van der Waals surface area contributed by atoms with Gasteiger partial charge in [0.05, 0.1) is 12.1 Å². The number of piperidine rings is 1. The maximum absolute atomic E-state index is 11.9. The van der Waals surface area contributed by atoms with Gasteiger partial charge < -0.3 is 10.0 Å². The van der Waals surface area contributed by atoms with E-state index in [9.17, 15) is 9.90 Å². The minimum atomic E-state index is -0.392. The first-order chi connectivity index (χ1) is 11.0. The highest BCUT2D eigenvalue weighted by Crippen LogP contribution is 2.48. The number of pyridine rings is 1. The number of nitrogens with zero attached hydrogens (tertiary/aromatic N) is 3. The molecule has 126 valence electrons. The lowest BCUT2D eigenvalue weighted by Crippen LogP contribution is -2.46. The second-order valence-corrected chi connectivity index (χ2v) is 7.57. The highest BCUT2D eigenvalue weighted by atomic mass is 16.3. The van der Waals surface area contributed by atoms with E-state index in [1.165, 1.54) is 5.56 Å². The van der Waals surface area contributed by atoms with Crippen LogP contribution in [0.2, 0.25) is 0 Å². The normalized spacial score (nSPS) is 27.5. The van der Waals surface area contributed by atoms with Crippen LogP contribution in [0.15, 0.2) is 24.5 Å². The van der Waals surface area contributed by atoms with E-state index < -0.39 is 5.54 Å². The van der Waals surface area contributed by atoms with Crippen molar-refractivity contribution in [3.63, 3.8) is 0 Å². The first-order valence-electron chi connectivity index (χ1n) is 8.47. The molecular formula is C18H27N3O2. The van der Waals surface area contributed by atoms with Crippen molar-refractivity contribution in [2.24, 2.45) is 5.41 Å². The number of likely N-dealkylation sites (tertiary alicyclic amines) is 2. The van der Waals surface area contributed by atoms with E-state index in [1.54, 1.807) is 13.1 Å². The molecule has 5 heteroatoms. The Bertz CT molecular complexity index is 555.